The molecule has 0 aliphatic carbocycles. The molecule has 2 N–H and O–H groups in total. The molecule has 31 heavy (non-hydrogen) atoms. The molecule has 1 aromatic heterocycles. The van der Waals surface area contributed by atoms with E-state index in [1.807, 2.05) is 24.3 Å². The highest BCUT2D eigenvalue weighted by Gasteiger charge is 2.44. The highest BCUT2D eigenvalue weighted by molar-refractivity contribution is 14.1. The van der Waals surface area contributed by atoms with Crippen molar-refractivity contribution in [3.8, 4) is 0 Å². The summed E-state index contributed by atoms with van der Waals surface area (Å²) >= 11 is 2.18. The molecule has 2 aliphatic rings. The van der Waals surface area contributed by atoms with Gasteiger partial charge in [0, 0.05) is 37.8 Å². The van der Waals surface area contributed by atoms with Crippen molar-refractivity contribution in [1.82, 2.24) is 9.29 Å². The molecule has 0 spiro atoms. The summed E-state index contributed by atoms with van der Waals surface area (Å²) in [5.74, 6) is -0.637. The van der Waals surface area contributed by atoms with Gasteiger partial charge in [0.1, 0.15) is 4.90 Å². The van der Waals surface area contributed by atoms with Crippen LogP contribution >= 0.6 is 22.6 Å². The van der Waals surface area contributed by atoms with Crippen LogP contribution in [0, 0.1) is 23.3 Å². The molecular formula is C19H20BIN2O6S2. The van der Waals surface area contributed by atoms with E-state index in [1.54, 1.807) is 37.0 Å². The lowest BCUT2D eigenvalue weighted by molar-refractivity contribution is 0.481. The first-order chi connectivity index (χ1) is 14.2. The van der Waals surface area contributed by atoms with Gasteiger partial charge in [-0.25, -0.2) is 0 Å². The molecule has 164 valence electrons. The molecule has 1 aromatic carbocycles. The van der Waals surface area contributed by atoms with Gasteiger partial charge >= 0.3 is 7.55 Å². The molecule has 0 radical (unpaired) electrons. The van der Waals surface area contributed by atoms with Crippen molar-refractivity contribution < 1.29 is 25.9 Å². The van der Waals surface area contributed by atoms with E-state index in [0.717, 1.165) is 9.13 Å². The van der Waals surface area contributed by atoms with Crippen molar-refractivity contribution in [1.29, 1.82) is 0 Å². The fraction of sp³-hybridized carbons (Fsp3) is 0.263. The summed E-state index contributed by atoms with van der Waals surface area (Å²) < 4.78 is 71.0. The molecule has 0 saturated carbocycles. The molecule has 0 saturated heterocycles. The minimum absolute atomic E-state index is 0.0680. The second-order valence-electron chi connectivity index (χ2n) is 7.77. The Labute approximate surface area is 195 Å². The summed E-state index contributed by atoms with van der Waals surface area (Å²) in [5, 5.41) is 0. The molecule has 12 heteroatoms. The van der Waals surface area contributed by atoms with Crippen molar-refractivity contribution in [2.75, 3.05) is 0 Å². The number of nitrogens with zero attached hydrogens (tertiary/aromatic N) is 2. The quantitative estimate of drug-likeness (QED) is 0.329. The minimum atomic E-state index is -4.47. The van der Waals surface area contributed by atoms with Crippen molar-refractivity contribution >= 4 is 55.9 Å². The lowest BCUT2D eigenvalue weighted by Crippen LogP contribution is -2.35. The van der Waals surface area contributed by atoms with Crippen LogP contribution in [0.1, 0.15) is 36.4 Å². The average molecular weight is 574 g/mol. The second-order valence-corrected chi connectivity index (χ2v) is 11.8. The molecule has 1 unspecified atom stereocenters. The second kappa shape index (κ2) is 7.20. The van der Waals surface area contributed by atoms with Crippen molar-refractivity contribution in [3.63, 3.8) is 0 Å². The Morgan fingerprint density at radius 3 is 2.10 bits per heavy atom. The first-order valence-corrected chi connectivity index (χ1v) is 13.3. The number of allylic oxidation sites excluding steroid dienone is 2. The summed E-state index contributed by atoms with van der Waals surface area (Å²) in [4.78, 5) is 1.58. The van der Waals surface area contributed by atoms with Gasteiger partial charge < -0.3 is 9.29 Å². The van der Waals surface area contributed by atoms with Crippen LogP contribution in [0.2, 0.25) is 0 Å². The van der Waals surface area contributed by atoms with Crippen LogP contribution in [0.4, 0.5) is 0 Å². The van der Waals surface area contributed by atoms with Crippen LogP contribution in [0.25, 0.3) is 5.57 Å². The molecular weight excluding hydrogens is 554 g/mol. The van der Waals surface area contributed by atoms with Crippen LogP contribution in [0.5, 0.6) is 0 Å². The van der Waals surface area contributed by atoms with Gasteiger partial charge in [0.05, 0.1) is 4.91 Å². The highest BCUT2D eigenvalue weighted by atomic mass is 127. The van der Waals surface area contributed by atoms with Crippen LogP contribution in [0.15, 0.2) is 45.5 Å². The van der Waals surface area contributed by atoms with Crippen molar-refractivity contribution in [2.45, 2.75) is 32.6 Å². The average Bonchev–Trinajstić information content (AvgIpc) is 3.05. The number of hydrogen-bond donors (Lipinski definition) is 2. The molecule has 4 rings (SSSR count). The van der Waals surface area contributed by atoms with Gasteiger partial charge in [-0.3, -0.25) is 9.11 Å². The molecule has 2 aliphatic heterocycles. The zero-order valence-electron chi connectivity index (χ0n) is 17.2. The zero-order chi connectivity index (χ0) is 23.0. The lowest BCUT2D eigenvalue weighted by Gasteiger charge is -2.33. The Hall–Kier alpha value is -1.61. The van der Waals surface area contributed by atoms with Crippen LogP contribution in [-0.4, -0.2) is 42.8 Å². The van der Waals surface area contributed by atoms with Gasteiger partial charge in [0.25, 0.3) is 20.2 Å². The number of rotatable bonds is 3. The predicted octanol–water partition coefficient (Wildman–Crippen LogP) is 2.91. The predicted molar refractivity (Wildman–Crippen MR) is 127 cm³/mol. The lowest BCUT2D eigenvalue weighted by atomic mass is 9.87. The Bertz CT molecular complexity index is 1410. The molecule has 8 nitrogen and oxygen atoms in total. The molecule has 0 bridgehead atoms. The monoisotopic (exact) mass is 574 g/mol. The normalized spacial score (nSPS) is 18.9. The number of aromatic nitrogens is 1. The van der Waals surface area contributed by atoms with E-state index in [-0.39, 0.29) is 17.3 Å². The smallest absolute Gasteiger partial charge is 0.365 e. The topological polar surface area (TPSA) is 117 Å². The first-order valence-electron chi connectivity index (χ1n) is 9.38. The summed E-state index contributed by atoms with van der Waals surface area (Å²) in [6.45, 7) is 6.57. The third kappa shape index (κ3) is 3.39. The van der Waals surface area contributed by atoms with Gasteiger partial charge in [0.15, 0.2) is 0 Å². The summed E-state index contributed by atoms with van der Waals surface area (Å²) in [6.07, 6.45) is 0. The molecule has 0 amide bonds. The Kier molecular flexibility index (Phi) is 5.25. The SMILES string of the molecule is CC1=C(S(=O)(=O)O)C(C)C2=C(c3ccc(I)cc3)c3c(C)c(S(=O)(=O)O)c(C)n3BN12. The van der Waals surface area contributed by atoms with Gasteiger partial charge in [0.2, 0.25) is 0 Å². The number of hydrogen-bond acceptors (Lipinski definition) is 5. The van der Waals surface area contributed by atoms with E-state index in [2.05, 4.69) is 22.6 Å². The van der Waals surface area contributed by atoms with Gasteiger partial charge in [-0.05, 0) is 66.6 Å². The first kappa shape index (κ1) is 22.6. The fourth-order valence-electron chi connectivity index (χ4n) is 4.84. The maximum absolute atomic E-state index is 12.1. The highest BCUT2D eigenvalue weighted by Crippen LogP contribution is 2.48. The Morgan fingerprint density at radius 2 is 1.58 bits per heavy atom. The van der Waals surface area contributed by atoms with E-state index < -0.39 is 26.2 Å². The standard InChI is InChI=1S/C19H20BIN2O6S2/c1-9-16-15(13-5-7-14(21)8-6-13)17-10(2)19(31(27,28)29)12(4)23(17)20-22(16)11(3)18(9)30(24,25)26/h5-9,20H,1-4H3,(H,24,25,26)(H,27,28,29). The van der Waals surface area contributed by atoms with Gasteiger partial charge in [-0.2, -0.15) is 16.8 Å². The maximum Gasteiger partial charge on any atom is 0.365 e. The molecule has 0 fully saturated rings. The van der Waals surface area contributed by atoms with Crippen molar-refractivity contribution in [2.24, 2.45) is 5.92 Å². The van der Waals surface area contributed by atoms with Crippen LogP contribution < -0.4 is 0 Å². The summed E-state index contributed by atoms with van der Waals surface area (Å²) in [5.41, 5.74) is 3.86. The molecule has 3 heterocycles. The maximum atomic E-state index is 12.1. The van der Waals surface area contributed by atoms with Crippen LogP contribution in [0.3, 0.4) is 0 Å². The third-order valence-electron chi connectivity index (χ3n) is 6.00. The number of halogens is 1. The Balaban J connectivity index is 2.13. The zero-order valence-corrected chi connectivity index (χ0v) is 21.0. The Morgan fingerprint density at radius 1 is 1.00 bits per heavy atom. The summed E-state index contributed by atoms with van der Waals surface area (Å²) in [7, 11) is -8.74. The number of benzene rings is 1. The van der Waals surface area contributed by atoms with E-state index in [1.165, 1.54) is 0 Å². The fourth-order valence-corrected chi connectivity index (χ4v) is 7.21. The minimum Gasteiger partial charge on any atom is -0.374 e. The van der Waals surface area contributed by atoms with E-state index in [4.69, 9.17) is 0 Å². The number of fused-ring (bicyclic) bond motifs is 2. The van der Waals surface area contributed by atoms with E-state index in [0.29, 0.717) is 33.9 Å². The van der Waals surface area contributed by atoms with E-state index >= 15 is 0 Å². The molecule has 2 aromatic rings. The molecule has 1 atom stereocenters. The largest absolute Gasteiger partial charge is 0.374 e. The summed E-state index contributed by atoms with van der Waals surface area (Å²) in [6, 6.07) is 7.59. The third-order valence-corrected chi connectivity index (χ3v) is 9.04. The van der Waals surface area contributed by atoms with Crippen molar-refractivity contribution in [3.05, 3.63) is 66.6 Å². The van der Waals surface area contributed by atoms with Gasteiger partial charge in [-0.15, -0.1) is 0 Å². The van der Waals surface area contributed by atoms with E-state index in [9.17, 15) is 25.9 Å². The van der Waals surface area contributed by atoms with Gasteiger partial charge in [-0.1, -0.05) is 19.1 Å². The van der Waals surface area contributed by atoms with Crippen LogP contribution in [-0.2, 0) is 20.2 Å².